The number of nitrogens with zero attached hydrogens (tertiary/aromatic N) is 2. The van der Waals surface area contributed by atoms with Crippen molar-refractivity contribution in [1.82, 2.24) is 9.88 Å². The molecular weight excluding hydrogens is 190 g/mol. The number of oxazole rings is 1. The number of hydrogen-bond acceptors (Lipinski definition) is 4. The van der Waals surface area contributed by atoms with Crippen LogP contribution in [0.15, 0.2) is 17.0 Å². The molecule has 1 aromatic heterocycles. The van der Waals surface area contributed by atoms with Gasteiger partial charge in [0.05, 0.1) is 12.2 Å². The Morgan fingerprint density at radius 1 is 1.40 bits per heavy atom. The molecule has 4 heteroatoms. The van der Waals surface area contributed by atoms with E-state index in [9.17, 15) is 0 Å². The molecule has 0 saturated carbocycles. The van der Waals surface area contributed by atoms with E-state index in [0.717, 1.165) is 25.3 Å². The number of nitrogens with two attached hydrogens (primary N) is 1. The van der Waals surface area contributed by atoms with E-state index in [1.54, 1.807) is 0 Å². The first-order valence-corrected chi connectivity index (χ1v) is 5.74. The van der Waals surface area contributed by atoms with Gasteiger partial charge in [-0.1, -0.05) is 6.42 Å². The SMILES string of the molecule is NCCC(c1cnco1)N1CCCCC1. The molecule has 2 heterocycles. The second-order valence-corrected chi connectivity index (χ2v) is 4.09. The lowest BCUT2D eigenvalue weighted by Gasteiger charge is -2.32. The molecule has 0 amide bonds. The second kappa shape index (κ2) is 5.28. The van der Waals surface area contributed by atoms with Gasteiger partial charge in [-0.15, -0.1) is 0 Å². The highest BCUT2D eigenvalue weighted by molar-refractivity contribution is 4.99. The fourth-order valence-corrected chi connectivity index (χ4v) is 2.28. The summed E-state index contributed by atoms with van der Waals surface area (Å²) in [7, 11) is 0. The van der Waals surface area contributed by atoms with Crippen LogP contribution in [-0.2, 0) is 0 Å². The predicted molar refractivity (Wildman–Crippen MR) is 58.3 cm³/mol. The first-order chi connectivity index (χ1) is 7.42. The predicted octanol–water partition coefficient (Wildman–Crippen LogP) is 1.55. The molecule has 1 saturated heterocycles. The third-order valence-corrected chi connectivity index (χ3v) is 3.05. The Morgan fingerprint density at radius 2 is 2.20 bits per heavy atom. The fraction of sp³-hybridized carbons (Fsp3) is 0.727. The van der Waals surface area contributed by atoms with Crippen LogP contribution >= 0.6 is 0 Å². The summed E-state index contributed by atoms with van der Waals surface area (Å²) < 4.78 is 5.39. The Hall–Kier alpha value is -0.870. The first-order valence-electron chi connectivity index (χ1n) is 5.74. The minimum Gasteiger partial charge on any atom is -0.447 e. The smallest absolute Gasteiger partial charge is 0.180 e. The highest BCUT2D eigenvalue weighted by atomic mass is 16.3. The molecule has 1 aliphatic heterocycles. The summed E-state index contributed by atoms with van der Waals surface area (Å²) in [6.45, 7) is 3.01. The Kier molecular flexibility index (Phi) is 3.75. The molecule has 15 heavy (non-hydrogen) atoms. The van der Waals surface area contributed by atoms with Gasteiger partial charge in [0.25, 0.3) is 0 Å². The summed E-state index contributed by atoms with van der Waals surface area (Å²) in [5.74, 6) is 0.961. The minimum atomic E-state index is 0.331. The van der Waals surface area contributed by atoms with Crippen molar-refractivity contribution < 1.29 is 4.42 Å². The van der Waals surface area contributed by atoms with E-state index in [0.29, 0.717) is 12.6 Å². The molecule has 0 spiro atoms. The molecule has 0 aliphatic carbocycles. The van der Waals surface area contributed by atoms with Gasteiger partial charge in [0.15, 0.2) is 6.39 Å². The number of likely N-dealkylation sites (tertiary alicyclic amines) is 1. The average molecular weight is 209 g/mol. The standard InChI is InChI=1S/C11H19N3O/c12-5-4-10(11-8-13-9-15-11)14-6-2-1-3-7-14/h8-10H,1-7,12H2. The van der Waals surface area contributed by atoms with Crippen LogP contribution in [0.2, 0.25) is 0 Å². The Labute approximate surface area is 90.5 Å². The van der Waals surface area contributed by atoms with Crippen molar-refractivity contribution in [2.45, 2.75) is 31.7 Å². The topological polar surface area (TPSA) is 55.3 Å². The number of piperidine rings is 1. The lowest BCUT2D eigenvalue weighted by atomic mass is 10.0. The van der Waals surface area contributed by atoms with Crippen molar-refractivity contribution in [1.29, 1.82) is 0 Å². The van der Waals surface area contributed by atoms with Gasteiger partial charge in [-0.05, 0) is 38.9 Å². The molecule has 4 nitrogen and oxygen atoms in total. The van der Waals surface area contributed by atoms with Crippen molar-refractivity contribution in [2.24, 2.45) is 5.73 Å². The third-order valence-electron chi connectivity index (χ3n) is 3.05. The van der Waals surface area contributed by atoms with Crippen molar-refractivity contribution in [3.63, 3.8) is 0 Å². The Bertz CT molecular complexity index is 267. The Morgan fingerprint density at radius 3 is 2.80 bits per heavy atom. The monoisotopic (exact) mass is 209 g/mol. The molecule has 0 bridgehead atoms. The van der Waals surface area contributed by atoms with Crippen molar-refractivity contribution in [3.8, 4) is 0 Å². The maximum atomic E-state index is 5.65. The van der Waals surface area contributed by atoms with Crippen LogP contribution in [0, 0.1) is 0 Å². The molecule has 1 fully saturated rings. The van der Waals surface area contributed by atoms with Crippen LogP contribution < -0.4 is 5.73 Å². The average Bonchev–Trinajstić information content (AvgIpc) is 2.80. The summed E-state index contributed by atoms with van der Waals surface area (Å²) >= 11 is 0. The van der Waals surface area contributed by atoms with Gasteiger partial charge in [-0.25, -0.2) is 4.98 Å². The van der Waals surface area contributed by atoms with E-state index < -0.39 is 0 Å². The Balaban J connectivity index is 2.04. The minimum absolute atomic E-state index is 0.331. The summed E-state index contributed by atoms with van der Waals surface area (Å²) in [5, 5.41) is 0. The molecule has 84 valence electrons. The fourth-order valence-electron chi connectivity index (χ4n) is 2.28. The van der Waals surface area contributed by atoms with Crippen molar-refractivity contribution in [3.05, 3.63) is 18.4 Å². The maximum absolute atomic E-state index is 5.65. The lowest BCUT2D eigenvalue weighted by Crippen LogP contribution is -2.34. The maximum Gasteiger partial charge on any atom is 0.180 e. The molecule has 2 N–H and O–H groups in total. The zero-order valence-electron chi connectivity index (χ0n) is 9.06. The van der Waals surface area contributed by atoms with Gasteiger partial charge in [-0.2, -0.15) is 0 Å². The summed E-state index contributed by atoms with van der Waals surface area (Å²) in [6, 6.07) is 0.331. The van der Waals surface area contributed by atoms with Gasteiger partial charge < -0.3 is 10.2 Å². The number of aromatic nitrogens is 1. The van der Waals surface area contributed by atoms with E-state index in [4.69, 9.17) is 10.2 Å². The van der Waals surface area contributed by atoms with Crippen LogP contribution in [0.1, 0.15) is 37.5 Å². The molecular formula is C11H19N3O. The van der Waals surface area contributed by atoms with Gasteiger partial charge >= 0.3 is 0 Å². The zero-order valence-corrected chi connectivity index (χ0v) is 9.06. The van der Waals surface area contributed by atoms with Crippen LogP contribution in [0.4, 0.5) is 0 Å². The molecule has 0 radical (unpaired) electrons. The van der Waals surface area contributed by atoms with E-state index in [1.807, 2.05) is 6.20 Å². The summed E-state index contributed by atoms with van der Waals surface area (Å²) in [6.07, 6.45) is 8.19. The molecule has 1 aromatic rings. The van der Waals surface area contributed by atoms with Crippen LogP contribution in [0.3, 0.4) is 0 Å². The summed E-state index contributed by atoms with van der Waals surface area (Å²) in [5.41, 5.74) is 5.65. The molecule has 1 unspecified atom stereocenters. The van der Waals surface area contributed by atoms with Gasteiger partial charge in [0, 0.05) is 0 Å². The van der Waals surface area contributed by atoms with Gasteiger partial charge in [-0.3, -0.25) is 4.90 Å². The van der Waals surface area contributed by atoms with Crippen LogP contribution in [0.25, 0.3) is 0 Å². The largest absolute Gasteiger partial charge is 0.447 e. The van der Waals surface area contributed by atoms with Gasteiger partial charge in [0.2, 0.25) is 0 Å². The van der Waals surface area contributed by atoms with Crippen LogP contribution in [0.5, 0.6) is 0 Å². The number of rotatable bonds is 4. The van der Waals surface area contributed by atoms with E-state index >= 15 is 0 Å². The molecule has 0 aromatic carbocycles. The zero-order chi connectivity index (χ0) is 10.5. The van der Waals surface area contributed by atoms with E-state index in [2.05, 4.69) is 9.88 Å². The molecule has 1 aliphatic rings. The lowest BCUT2D eigenvalue weighted by molar-refractivity contribution is 0.139. The quantitative estimate of drug-likeness (QED) is 0.817. The van der Waals surface area contributed by atoms with Gasteiger partial charge in [0.1, 0.15) is 5.76 Å². The van der Waals surface area contributed by atoms with E-state index in [-0.39, 0.29) is 0 Å². The number of hydrogen-bond donors (Lipinski definition) is 1. The second-order valence-electron chi connectivity index (χ2n) is 4.09. The highest BCUT2D eigenvalue weighted by Crippen LogP contribution is 2.26. The molecule has 2 rings (SSSR count). The van der Waals surface area contributed by atoms with Crippen molar-refractivity contribution in [2.75, 3.05) is 19.6 Å². The third kappa shape index (κ3) is 2.58. The van der Waals surface area contributed by atoms with Crippen molar-refractivity contribution >= 4 is 0 Å². The first kappa shape index (κ1) is 10.6. The highest BCUT2D eigenvalue weighted by Gasteiger charge is 2.23. The summed E-state index contributed by atoms with van der Waals surface area (Å²) in [4.78, 5) is 6.46. The van der Waals surface area contributed by atoms with E-state index in [1.165, 1.54) is 25.7 Å². The molecule has 1 atom stereocenters. The van der Waals surface area contributed by atoms with Crippen LogP contribution in [-0.4, -0.2) is 29.5 Å². The normalized spacial score (nSPS) is 20.3.